The van der Waals surface area contributed by atoms with E-state index in [0.717, 1.165) is 38.2 Å². The van der Waals surface area contributed by atoms with E-state index in [1.54, 1.807) is 0 Å². The van der Waals surface area contributed by atoms with Gasteiger partial charge >= 0.3 is 0 Å². The molecule has 0 N–H and O–H groups in total. The van der Waals surface area contributed by atoms with E-state index in [9.17, 15) is 13.6 Å². The van der Waals surface area contributed by atoms with Crippen molar-refractivity contribution in [3.8, 4) is 0 Å². The topological polar surface area (TPSA) is 20.3 Å². The molecular weight excluding hydrogens is 368 g/mol. The van der Waals surface area contributed by atoms with Crippen LogP contribution in [0.5, 0.6) is 0 Å². The predicted molar refractivity (Wildman–Crippen MR) is 101 cm³/mol. The van der Waals surface area contributed by atoms with Gasteiger partial charge in [0, 0.05) is 39.7 Å². The number of unbranched alkanes of at least 4 members (excludes halogenated alkanes) is 1. The molecule has 0 aliphatic rings. The first-order valence-corrected chi connectivity index (χ1v) is 9.53. The molecule has 0 fully saturated rings. The van der Waals surface area contributed by atoms with Crippen molar-refractivity contribution >= 4 is 11.6 Å². The third-order valence-electron chi connectivity index (χ3n) is 5.21. The van der Waals surface area contributed by atoms with Gasteiger partial charge in [-0.05, 0) is 30.9 Å². The molecule has 0 aliphatic heterocycles. The summed E-state index contributed by atoms with van der Waals surface area (Å²) in [6.07, 6.45) is 5.98. The van der Waals surface area contributed by atoms with E-state index < -0.39 is 17.0 Å². The quantitative estimate of drug-likeness (QED) is 0.419. The average molecular weight is 401 g/mol. The summed E-state index contributed by atoms with van der Waals surface area (Å²) in [4.78, 5) is 14.5. The first-order chi connectivity index (χ1) is 11.8. The Balaban J connectivity index is 0.00000625. The van der Waals surface area contributed by atoms with Crippen molar-refractivity contribution in [2.24, 2.45) is 11.3 Å². The molecule has 5 heteroatoms. The minimum absolute atomic E-state index is 0. The maximum Gasteiger partial charge on any atom is 0.232 e. The molecule has 1 rings (SSSR count). The molecule has 146 valence electrons. The van der Waals surface area contributed by atoms with Crippen LogP contribution in [0.25, 0.3) is 0 Å². The van der Waals surface area contributed by atoms with E-state index in [1.165, 1.54) is 17.0 Å². The second kappa shape index (κ2) is 11.9. The Kier molecular flexibility index (Phi) is 11.5. The van der Waals surface area contributed by atoms with Crippen LogP contribution in [-0.2, 0) is 26.5 Å². The first kappa shape index (κ1) is 25.3. The van der Waals surface area contributed by atoms with Crippen LogP contribution in [-0.4, -0.2) is 12.5 Å². The zero-order valence-electron chi connectivity index (χ0n) is 16.9. The molecule has 1 atom stereocenters. The molecule has 0 spiro atoms. The van der Waals surface area contributed by atoms with Crippen LogP contribution in [0, 0.1) is 23.0 Å². The largest absolute Gasteiger partial charge is 0.309 e. The van der Waals surface area contributed by atoms with Crippen LogP contribution < -0.4 is 4.90 Å². The van der Waals surface area contributed by atoms with Crippen molar-refractivity contribution in [3.63, 3.8) is 0 Å². The van der Waals surface area contributed by atoms with Crippen molar-refractivity contribution in [2.75, 3.05) is 11.4 Å². The third kappa shape index (κ3) is 7.11. The van der Waals surface area contributed by atoms with Gasteiger partial charge in [-0.15, -0.1) is 0 Å². The minimum Gasteiger partial charge on any atom is -0.309 e. The summed E-state index contributed by atoms with van der Waals surface area (Å²) < 4.78 is 27.6. The van der Waals surface area contributed by atoms with Crippen LogP contribution >= 0.6 is 0 Å². The fourth-order valence-corrected chi connectivity index (χ4v) is 2.91. The minimum atomic E-state index is -0.679. The summed E-state index contributed by atoms with van der Waals surface area (Å²) in [5, 5.41) is 0. The maximum atomic E-state index is 14.3. The molecule has 0 bridgehead atoms. The van der Waals surface area contributed by atoms with E-state index >= 15 is 0 Å². The van der Waals surface area contributed by atoms with Gasteiger partial charge in [-0.1, -0.05) is 60.3 Å². The number of carbonyl (C=O) groups is 1. The fraction of sp³-hybridized carbons (Fsp3) is 0.667. The first-order valence-electron chi connectivity index (χ1n) is 9.53. The number of amides is 1. The summed E-state index contributed by atoms with van der Waals surface area (Å²) in [5.41, 5.74) is -0.398. The Morgan fingerprint density at radius 2 is 1.81 bits per heavy atom. The third-order valence-corrected chi connectivity index (χ3v) is 5.21. The summed E-state index contributed by atoms with van der Waals surface area (Å²) in [6, 6.07) is 3.44. The Bertz CT molecular complexity index is 563. The van der Waals surface area contributed by atoms with Crippen LogP contribution in [0.3, 0.4) is 0 Å². The molecule has 1 aromatic carbocycles. The van der Waals surface area contributed by atoms with Gasteiger partial charge in [-0.25, -0.2) is 8.78 Å². The van der Waals surface area contributed by atoms with Gasteiger partial charge in [-0.3, -0.25) is 4.79 Å². The number of benzene rings is 1. The molecule has 1 aromatic rings. The summed E-state index contributed by atoms with van der Waals surface area (Å²) >= 11 is 0. The van der Waals surface area contributed by atoms with Crippen molar-refractivity contribution in [1.82, 2.24) is 0 Å². The fourth-order valence-electron chi connectivity index (χ4n) is 2.91. The number of anilines is 1. The summed E-state index contributed by atoms with van der Waals surface area (Å²) in [7, 11) is 0. The van der Waals surface area contributed by atoms with Gasteiger partial charge in [0.2, 0.25) is 5.91 Å². The smallest absolute Gasteiger partial charge is 0.232 e. The Labute approximate surface area is 172 Å². The summed E-state index contributed by atoms with van der Waals surface area (Å²) in [6.45, 7) is 10.5. The van der Waals surface area contributed by atoms with Crippen LogP contribution in [0.15, 0.2) is 18.2 Å². The zero-order valence-corrected chi connectivity index (χ0v) is 18.4. The second-order valence-electron chi connectivity index (χ2n) is 7.50. The number of hydrogen-bond donors (Lipinski definition) is 0. The molecule has 26 heavy (non-hydrogen) atoms. The van der Waals surface area contributed by atoms with E-state index in [-0.39, 0.29) is 33.3 Å². The number of hydrogen-bond acceptors (Lipinski definition) is 1. The van der Waals surface area contributed by atoms with Crippen molar-refractivity contribution < 1.29 is 35.3 Å². The van der Waals surface area contributed by atoms with Gasteiger partial charge in [0.1, 0.15) is 11.6 Å². The molecule has 0 aromatic heterocycles. The standard InChI is InChI=1S/C21H33F2NO.Ti/c1-6-9-10-16(7-2)13-14-24(20(25)21(4,5)8-3)19-12-11-17(22)15-18(19)23;/h11-12,15-16H,6-10,13-14H2,1-5H3;. The van der Waals surface area contributed by atoms with Crippen molar-refractivity contribution in [1.29, 1.82) is 0 Å². The summed E-state index contributed by atoms with van der Waals surface area (Å²) in [5.74, 6) is -0.894. The van der Waals surface area contributed by atoms with E-state index in [1.807, 2.05) is 20.8 Å². The molecule has 0 heterocycles. The molecule has 1 amide bonds. The Morgan fingerprint density at radius 1 is 1.15 bits per heavy atom. The second-order valence-corrected chi connectivity index (χ2v) is 7.50. The van der Waals surface area contributed by atoms with E-state index in [4.69, 9.17) is 0 Å². The monoisotopic (exact) mass is 401 g/mol. The van der Waals surface area contributed by atoms with Crippen LogP contribution in [0.4, 0.5) is 14.5 Å². The van der Waals surface area contributed by atoms with Crippen LogP contribution in [0.2, 0.25) is 0 Å². The number of nitrogens with zero attached hydrogens (tertiary/aromatic N) is 1. The normalized spacial score (nSPS) is 12.4. The van der Waals surface area contributed by atoms with Gasteiger partial charge in [0.25, 0.3) is 0 Å². The van der Waals surface area contributed by atoms with Gasteiger partial charge in [0.05, 0.1) is 5.69 Å². The Morgan fingerprint density at radius 3 is 2.31 bits per heavy atom. The SMILES string of the molecule is CCCCC(CC)CCN(C(=O)C(C)(C)CC)c1ccc(F)cc1F.[Ti]. The average Bonchev–Trinajstić information content (AvgIpc) is 2.58. The van der Waals surface area contributed by atoms with Gasteiger partial charge in [-0.2, -0.15) is 0 Å². The van der Waals surface area contributed by atoms with Crippen molar-refractivity contribution in [2.45, 2.75) is 73.1 Å². The molecular formula is C21H33F2NOTi. The zero-order chi connectivity index (χ0) is 19.0. The van der Waals surface area contributed by atoms with Gasteiger partial charge < -0.3 is 4.90 Å². The number of rotatable bonds is 10. The van der Waals surface area contributed by atoms with E-state index in [2.05, 4.69) is 13.8 Å². The van der Waals surface area contributed by atoms with Crippen LogP contribution in [0.1, 0.15) is 73.1 Å². The molecule has 0 radical (unpaired) electrons. The molecule has 0 aliphatic carbocycles. The predicted octanol–water partition coefficient (Wildman–Crippen LogP) is 6.34. The number of carbonyl (C=O) groups excluding carboxylic acids is 1. The molecule has 0 saturated carbocycles. The van der Waals surface area contributed by atoms with Crippen molar-refractivity contribution in [3.05, 3.63) is 29.8 Å². The number of halogens is 2. The van der Waals surface area contributed by atoms with E-state index in [0.29, 0.717) is 18.9 Å². The molecule has 2 nitrogen and oxygen atoms in total. The maximum absolute atomic E-state index is 14.3. The molecule has 1 unspecified atom stereocenters. The van der Waals surface area contributed by atoms with Gasteiger partial charge in [0.15, 0.2) is 0 Å². The Hall–Kier alpha value is -0.736. The molecule has 0 saturated heterocycles.